The van der Waals surface area contributed by atoms with E-state index in [-0.39, 0.29) is 22.8 Å². The van der Waals surface area contributed by atoms with Crippen molar-refractivity contribution in [1.82, 2.24) is 5.32 Å². The summed E-state index contributed by atoms with van der Waals surface area (Å²) in [4.78, 5) is 12.5. The lowest BCUT2D eigenvalue weighted by molar-refractivity contribution is 0.0948. The van der Waals surface area contributed by atoms with Crippen LogP contribution in [0.25, 0.3) is 10.8 Å². The maximum atomic E-state index is 13.7. The summed E-state index contributed by atoms with van der Waals surface area (Å²) >= 11 is 4.90. The van der Waals surface area contributed by atoms with Crippen LogP contribution in [0.1, 0.15) is 23.7 Å². The van der Waals surface area contributed by atoms with Crippen LogP contribution in [0.3, 0.4) is 0 Å². The van der Waals surface area contributed by atoms with Crippen LogP contribution in [0, 0.1) is 5.82 Å². The van der Waals surface area contributed by atoms with E-state index in [0.29, 0.717) is 22.8 Å². The standard InChI is InChI=1S/C15H15FN2OS/c1-2-13(14(17)20)18-15(19)11-7-8-12(16)10-6-4-3-5-9(10)11/h3-8,13H,2H2,1H3,(H2,17,20)(H,18,19). The predicted octanol–water partition coefficient (Wildman–Crippen LogP) is 2.77. The van der Waals surface area contributed by atoms with E-state index in [9.17, 15) is 9.18 Å². The average Bonchev–Trinajstić information content (AvgIpc) is 2.45. The number of hydrogen-bond acceptors (Lipinski definition) is 2. The summed E-state index contributed by atoms with van der Waals surface area (Å²) < 4.78 is 13.7. The molecule has 2 aromatic carbocycles. The van der Waals surface area contributed by atoms with E-state index >= 15 is 0 Å². The van der Waals surface area contributed by atoms with Crippen molar-refractivity contribution in [3.8, 4) is 0 Å². The lowest BCUT2D eigenvalue weighted by Crippen LogP contribution is -2.43. The van der Waals surface area contributed by atoms with Crippen LogP contribution in [0.2, 0.25) is 0 Å². The quantitative estimate of drug-likeness (QED) is 0.851. The Hall–Kier alpha value is -2.01. The van der Waals surface area contributed by atoms with Gasteiger partial charge in [-0.15, -0.1) is 0 Å². The molecule has 1 atom stereocenters. The molecule has 0 fully saturated rings. The molecule has 3 N–H and O–H groups in total. The normalized spacial score (nSPS) is 12.1. The molecule has 0 bridgehead atoms. The molecule has 0 saturated heterocycles. The van der Waals surface area contributed by atoms with Gasteiger partial charge in [-0.1, -0.05) is 43.4 Å². The highest BCUT2D eigenvalue weighted by Crippen LogP contribution is 2.21. The SMILES string of the molecule is CCC(NC(=O)c1ccc(F)c2ccccc12)C(N)=S. The number of thiocarbonyl (C=S) groups is 1. The van der Waals surface area contributed by atoms with Crippen molar-refractivity contribution >= 4 is 33.9 Å². The molecule has 1 unspecified atom stereocenters. The summed E-state index contributed by atoms with van der Waals surface area (Å²) in [6, 6.07) is 9.27. The molecule has 20 heavy (non-hydrogen) atoms. The van der Waals surface area contributed by atoms with Crippen LogP contribution >= 0.6 is 12.2 Å². The van der Waals surface area contributed by atoms with Crippen LogP contribution in [0.15, 0.2) is 36.4 Å². The topological polar surface area (TPSA) is 55.1 Å². The van der Waals surface area contributed by atoms with Crippen LogP contribution in [-0.4, -0.2) is 16.9 Å². The van der Waals surface area contributed by atoms with Gasteiger partial charge in [0.25, 0.3) is 5.91 Å². The number of halogens is 1. The summed E-state index contributed by atoms with van der Waals surface area (Å²) in [5.41, 5.74) is 5.98. The second kappa shape index (κ2) is 5.96. The zero-order valence-electron chi connectivity index (χ0n) is 11.0. The van der Waals surface area contributed by atoms with Gasteiger partial charge in [-0.05, 0) is 23.9 Å². The van der Waals surface area contributed by atoms with E-state index < -0.39 is 0 Å². The molecule has 0 aliphatic carbocycles. The first kappa shape index (κ1) is 14.4. The monoisotopic (exact) mass is 290 g/mol. The fourth-order valence-electron chi connectivity index (χ4n) is 2.07. The van der Waals surface area contributed by atoms with Gasteiger partial charge in [0.1, 0.15) is 5.82 Å². The maximum Gasteiger partial charge on any atom is 0.252 e. The van der Waals surface area contributed by atoms with Crippen molar-refractivity contribution in [2.24, 2.45) is 5.73 Å². The number of carbonyl (C=O) groups excluding carboxylic acids is 1. The van der Waals surface area contributed by atoms with Crippen molar-refractivity contribution in [3.05, 3.63) is 47.8 Å². The summed E-state index contributed by atoms with van der Waals surface area (Å²) in [6.45, 7) is 1.88. The van der Waals surface area contributed by atoms with E-state index in [1.807, 2.05) is 6.92 Å². The number of hydrogen-bond donors (Lipinski definition) is 2. The Morgan fingerprint density at radius 3 is 2.55 bits per heavy atom. The van der Waals surface area contributed by atoms with Gasteiger partial charge >= 0.3 is 0 Å². The molecule has 0 aliphatic rings. The molecule has 5 heteroatoms. The molecule has 0 aromatic heterocycles. The molecule has 2 rings (SSSR count). The Labute approximate surface area is 122 Å². The van der Waals surface area contributed by atoms with Crippen LogP contribution in [0.5, 0.6) is 0 Å². The highest BCUT2D eigenvalue weighted by atomic mass is 32.1. The third-order valence-electron chi connectivity index (χ3n) is 3.17. The van der Waals surface area contributed by atoms with Gasteiger partial charge < -0.3 is 11.1 Å². The van der Waals surface area contributed by atoms with Gasteiger partial charge in [-0.25, -0.2) is 4.39 Å². The predicted molar refractivity (Wildman–Crippen MR) is 82.2 cm³/mol. The van der Waals surface area contributed by atoms with Crippen molar-refractivity contribution in [1.29, 1.82) is 0 Å². The first-order valence-corrected chi connectivity index (χ1v) is 6.72. The van der Waals surface area contributed by atoms with Gasteiger partial charge in [0.2, 0.25) is 0 Å². The van der Waals surface area contributed by atoms with Crippen molar-refractivity contribution in [2.75, 3.05) is 0 Å². The van der Waals surface area contributed by atoms with Gasteiger partial charge in [0, 0.05) is 10.9 Å². The molecule has 1 amide bonds. The highest BCUT2D eigenvalue weighted by Gasteiger charge is 2.17. The zero-order chi connectivity index (χ0) is 14.7. The summed E-state index contributed by atoms with van der Waals surface area (Å²) in [5, 5.41) is 3.76. The van der Waals surface area contributed by atoms with E-state index in [0.717, 1.165) is 0 Å². The molecule has 104 valence electrons. The third-order valence-corrected chi connectivity index (χ3v) is 3.46. The average molecular weight is 290 g/mol. The number of fused-ring (bicyclic) bond motifs is 1. The Morgan fingerprint density at radius 1 is 1.30 bits per heavy atom. The first-order chi connectivity index (χ1) is 9.54. The lowest BCUT2D eigenvalue weighted by Gasteiger charge is -2.16. The van der Waals surface area contributed by atoms with E-state index in [4.69, 9.17) is 18.0 Å². The number of rotatable bonds is 4. The Bertz CT molecular complexity index is 672. The maximum absolute atomic E-state index is 13.7. The van der Waals surface area contributed by atoms with Gasteiger partial charge in [-0.2, -0.15) is 0 Å². The molecule has 3 nitrogen and oxygen atoms in total. The highest BCUT2D eigenvalue weighted by molar-refractivity contribution is 7.80. The van der Waals surface area contributed by atoms with Crippen molar-refractivity contribution in [3.63, 3.8) is 0 Å². The largest absolute Gasteiger partial charge is 0.392 e. The second-order valence-corrected chi connectivity index (χ2v) is 4.95. The van der Waals surface area contributed by atoms with E-state index in [2.05, 4.69) is 5.32 Å². The van der Waals surface area contributed by atoms with Crippen LogP contribution in [0.4, 0.5) is 4.39 Å². The minimum Gasteiger partial charge on any atom is -0.392 e. The summed E-state index contributed by atoms with van der Waals surface area (Å²) in [6.07, 6.45) is 0.611. The van der Waals surface area contributed by atoms with Gasteiger partial charge in [0.15, 0.2) is 0 Å². The third kappa shape index (κ3) is 2.77. The minimum atomic E-state index is -0.360. The number of amides is 1. The zero-order valence-corrected chi connectivity index (χ0v) is 11.8. The molecule has 0 saturated carbocycles. The number of nitrogens with one attached hydrogen (secondary N) is 1. The molecular weight excluding hydrogens is 275 g/mol. The second-order valence-electron chi connectivity index (χ2n) is 4.48. The van der Waals surface area contributed by atoms with Crippen molar-refractivity contribution < 1.29 is 9.18 Å². The number of carbonyl (C=O) groups is 1. The smallest absolute Gasteiger partial charge is 0.252 e. The Morgan fingerprint density at radius 2 is 1.95 bits per heavy atom. The lowest BCUT2D eigenvalue weighted by atomic mass is 10.0. The fraction of sp³-hybridized carbons (Fsp3) is 0.200. The molecule has 0 radical (unpaired) electrons. The molecule has 0 spiro atoms. The summed E-state index contributed by atoms with van der Waals surface area (Å²) in [7, 11) is 0. The minimum absolute atomic E-state index is 0.243. The molecular formula is C15H15FN2OS. The van der Waals surface area contributed by atoms with E-state index in [1.54, 1.807) is 24.3 Å². The summed E-state index contributed by atoms with van der Waals surface area (Å²) in [5.74, 6) is -0.653. The Kier molecular flexibility index (Phi) is 4.29. The van der Waals surface area contributed by atoms with Crippen LogP contribution < -0.4 is 11.1 Å². The van der Waals surface area contributed by atoms with Gasteiger partial charge in [0.05, 0.1) is 11.0 Å². The fourth-order valence-corrected chi connectivity index (χ4v) is 2.30. The van der Waals surface area contributed by atoms with Crippen LogP contribution in [-0.2, 0) is 0 Å². The Balaban J connectivity index is 2.40. The van der Waals surface area contributed by atoms with Gasteiger partial charge in [-0.3, -0.25) is 4.79 Å². The van der Waals surface area contributed by atoms with E-state index in [1.165, 1.54) is 12.1 Å². The number of benzene rings is 2. The van der Waals surface area contributed by atoms with Crippen molar-refractivity contribution in [2.45, 2.75) is 19.4 Å². The molecule has 0 heterocycles. The number of nitrogens with two attached hydrogens (primary N) is 1. The molecule has 2 aromatic rings. The first-order valence-electron chi connectivity index (χ1n) is 6.32. The molecule has 0 aliphatic heterocycles.